The Labute approximate surface area is 358 Å². The van der Waals surface area contributed by atoms with Gasteiger partial charge in [0.25, 0.3) is 11.8 Å². The van der Waals surface area contributed by atoms with Crippen LogP contribution in [0.25, 0.3) is 0 Å². The van der Waals surface area contributed by atoms with Crippen LogP contribution in [-0.2, 0) is 25.9 Å². The number of nitrogens with two attached hydrogens (primary N) is 1. The molecular formula is C47H52F4N6O5. The summed E-state index contributed by atoms with van der Waals surface area (Å²) in [7, 11) is 2.88. The molecule has 0 atom stereocenters. The van der Waals surface area contributed by atoms with Crippen LogP contribution in [0.5, 0.6) is 0 Å². The summed E-state index contributed by atoms with van der Waals surface area (Å²) in [5.74, 6) is -2.74. The standard InChI is InChI=1S/C24H25F2N3O3.C14H16FNO.C9H11FN2O/c1-27-22(31)19-10-15(2-5-20(19)26)14-28-23(32)29-8-6-24(7-9-29)12-16-3-4-17(25)11-18(16)21(30)13-24;15-11-2-1-10-8-14(3-5-16-6-4-14)9-13(17)12(10)7-11;1-12-9(13)7-4-6(5-11)2-3-8(7)10/h2-5,10-11H,6-9,12-14H2,1H3,(H,27,31)(H,28,32);1-2,7,16H,3-6,8-9H2;2-4H,5,11H2,1H3,(H,12,13). The number of carbonyl (C=O) groups excluding carboxylic acids is 5. The molecule has 11 nitrogen and oxygen atoms in total. The molecule has 4 aliphatic rings. The number of carbonyl (C=O) groups is 5. The molecule has 2 aliphatic heterocycles. The van der Waals surface area contributed by atoms with Gasteiger partial charge < -0.3 is 31.9 Å². The van der Waals surface area contributed by atoms with Crippen LogP contribution in [0.15, 0.2) is 72.8 Å². The van der Waals surface area contributed by atoms with Crippen LogP contribution in [-0.4, -0.2) is 74.6 Å². The quantitative estimate of drug-likeness (QED) is 0.145. The molecule has 0 radical (unpaired) electrons. The molecule has 4 amide bonds. The lowest BCUT2D eigenvalue weighted by atomic mass is 9.66. The Morgan fingerprint density at radius 3 is 1.60 bits per heavy atom. The zero-order valence-electron chi connectivity index (χ0n) is 34.9. The van der Waals surface area contributed by atoms with E-state index in [-0.39, 0.29) is 51.9 Å². The molecule has 2 heterocycles. The summed E-state index contributed by atoms with van der Waals surface area (Å²) < 4.78 is 53.5. The van der Waals surface area contributed by atoms with Crippen molar-refractivity contribution in [3.8, 4) is 0 Å². The van der Waals surface area contributed by atoms with Crippen LogP contribution in [0, 0.1) is 34.1 Å². The van der Waals surface area contributed by atoms with Crippen LogP contribution >= 0.6 is 0 Å². The minimum Gasteiger partial charge on any atom is -0.355 e. The van der Waals surface area contributed by atoms with Gasteiger partial charge in [0, 0.05) is 64.2 Å². The van der Waals surface area contributed by atoms with Gasteiger partial charge in [-0.05, 0) is 133 Å². The van der Waals surface area contributed by atoms with E-state index in [1.165, 1.54) is 68.7 Å². The van der Waals surface area contributed by atoms with E-state index in [0.29, 0.717) is 68.4 Å². The molecule has 2 fully saturated rings. The predicted molar refractivity (Wildman–Crippen MR) is 226 cm³/mol. The lowest BCUT2D eigenvalue weighted by molar-refractivity contribution is 0.0733. The Morgan fingerprint density at radius 1 is 0.645 bits per heavy atom. The summed E-state index contributed by atoms with van der Waals surface area (Å²) in [6, 6.07) is 17.2. The predicted octanol–water partition coefficient (Wildman–Crippen LogP) is 6.41. The molecule has 4 aromatic rings. The highest BCUT2D eigenvalue weighted by Crippen LogP contribution is 2.44. The SMILES string of the molecule is CNC(=O)c1cc(CN)ccc1F.CNC(=O)c1cc(CNC(=O)N2CCC3(CC2)CC(=O)c2cc(F)ccc2C3)ccc1F.O=C1CC2(CCNCC2)Cc2ccc(F)cc21. The normalized spacial score (nSPS) is 17.0. The van der Waals surface area contributed by atoms with Crippen LogP contribution < -0.4 is 27.0 Å². The van der Waals surface area contributed by atoms with Gasteiger partial charge in [0.15, 0.2) is 11.6 Å². The number of Topliss-reactive ketones (excluding diaryl/α,β-unsaturated/α-hetero) is 2. The van der Waals surface area contributed by atoms with Crippen molar-refractivity contribution >= 4 is 29.4 Å². The first-order valence-corrected chi connectivity index (χ1v) is 20.8. The van der Waals surface area contributed by atoms with E-state index < -0.39 is 29.3 Å². The number of nitrogens with one attached hydrogen (secondary N) is 4. The Balaban J connectivity index is 0.000000177. The molecule has 328 valence electrons. The van der Waals surface area contributed by atoms with Crippen molar-refractivity contribution in [2.24, 2.45) is 16.6 Å². The van der Waals surface area contributed by atoms with Crippen LogP contribution in [0.2, 0.25) is 0 Å². The van der Waals surface area contributed by atoms with E-state index in [2.05, 4.69) is 21.3 Å². The third kappa shape index (κ3) is 10.7. The molecule has 4 aromatic carbocycles. The fourth-order valence-electron chi connectivity index (χ4n) is 8.87. The van der Waals surface area contributed by atoms with Crippen molar-refractivity contribution in [3.63, 3.8) is 0 Å². The summed E-state index contributed by atoms with van der Waals surface area (Å²) in [6.45, 7) is 3.48. The summed E-state index contributed by atoms with van der Waals surface area (Å²) in [5.41, 5.74) is 9.61. The van der Waals surface area contributed by atoms with Gasteiger partial charge in [-0.2, -0.15) is 0 Å². The van der Waals surface area contributed by atoms with Crippen molar-refractivity contribution in [1.82, 2.24) is 26.2 Å². The van der Waals surface area contributed by atoms with Gasteiger partial charge in [0.1, 0.15) is 23.3 Å². The topological polar surface area (TPSA) is 163 Å². The van der Waals surface area contributed by atoms with Gasteiger partial charge in [-0.25, -0.2) is 22.4 Å². The molecule has 6 N–H and O–H groups in total. The third-order valence-electron chi connectivity index (χ3n) is 12.4. The second kappa shape index (κ2) is 19.8. The number of rotatable bonds is 5. The van der Waals surface area contributed by atoms with Gasteiger partial charge in [-0.3, -0.25) is 19.2 Å². The summed E-state index contributed by atoms with van der Waals surface area (Å²) in [6.07, 6.45) is 6.09. The maximum Gasteiger partial charge on any atom is 0.317 e. The number of halogens is 4. The average Bonchev–Trinajstić information content (AvgIpc) is 3.27. The zero-order chi connectivity index (χ0) is 44.6. The minimum absolute atomic E-state index is 0.0328. The van der Waals surface area contributed by atoms with E-state index in [4.69, 9.17) is 5.73 Å². The first-order chi connectivity index (χ1) is 29.7. The summed E-state index contributed by atoms with van der Waals surface area (Å²) in [4.78, 5) is 61.9. The fourth-order valence-corrected chi connectivity index (χ4v) is 8.87. The number of amides is 4. The van der Waals surface area contributed by atoms with Crippen molar-refractivity contribution in [3.05, 3.63) is 141 Å². The van der Waals surface area contributed by atoms with E-state index in [9.17, 15) is 41.5 Å². The van der Waals surface area contributed by atoms with Gasteiger partial charge in [0.2, 0.25) is 0 Å². The highest BCUT2D eigenvalue weighted by molar-refractivity contribution is 6.00. The largest absolute Gasteiger partial charge is 0.355 e. The van der Waals surface area contributed by atoms with E-state index in [1.54, 1.807) is 23.1 Å². The van der Waals surface area contributed by atoms with Crippen LogP contribution in [0.4, 0.5) is 22.4 Å². The second-order valence-electron chi connectivity index (χ2n) is 16.5. The molecule has 8 rings (SSSR count). The number of hydrogen-bond donors (Lipinski definition) is 5. The summed E-state index contributed by atoms with van der Waals surface area (Å²) >= 11 is 0. The van der Waals surface area contributed by atoms with Crippen molar-refractivity contribution in [2.75, 3.05) is 40.3 Å². The monoisotopic (exact) mass is 856 g/mol. The van der Waals surface area contributed by atoms with Crippen molar-refractivity contribution in [2.45, 2.75) is 64.5 Å². The van der Waals surface area contributed by atoms with Gasteiger partial charge >= 0.3 is 6.03 Å². The number of benzene rings is 4. The minimum atomic E-state index is -0.618. The lowest BCUT2D eigenvalue weighted by Gasteiger charge is -2.44. The number of hydrogen-bond acceptors (Lipinski definition) is 7. The number of fused-ring (bicyclic) bond motifs is 2. The molecule has 0 unspecified atom stereocenters. The molecule has 15 heteroatoms. The van der Waals surface area contributed by atoms with Gasteiger partial charge in [-0.1, -0.05) is 24.3 Å². The number of nitrogens with zero attached hydrogens (tertiary/aromatic N) is 1. The van der Waals surface area contributed by atoms with Crippen LogP contribution in [0.3, 0.4) is 0 Å². The van der Waals surface area contributed by atoms with E-state index in [1.807, 2.05) is 0 Å². The Hall–Kier alpha value is -5.93. The molecule has 0 aromatic heterocycles. The fraction of sp³-hybridized carbons (Fsp3) is 0.383. The number of piperidine rings is 2. The van der Waals surface area contributed by atoms with E-state index >= 15 is 0 Å². The molecule has 0 saturated carbocycles. The second-order valence-corrected chi connectivity index (χ2v) is 16.5. The molecule has 2 aliphatic carbocycles. The molecule has 2 spiro atoms. The van der Waals surface area contributed by atoms with Gasteiger partial charge in [-0.15, -0.1) is 0 Å². The smallest absolute Gasteiger partial charge is 0.317 e. The maximum absolute atomic E-state index is 13.8. The first-order valence-electron chi connectivity index (χ1n) is 20.8. The molecule has 2 saturated heterocycles. The first kappa shape index (κ1) is 45.6. The Kier molecular flexibility index (Phi) is 14.6. The Bertz CT molecular complexity index is 2340. The zero-order valence-corrected chi connectivity index (χ0v) is 34.9. The number of likely N-dealkylation sites (tertiary alicyclic amines) is 1. The molecular weight excluding hydrogens is 805 g/mol. The average molecular weight is 857 g/mol. The van der Waals surface area contributed by atoms with Crippen LogP contribution in [0.1, 0.15) is 102 Å². The number of urea groups is 1. The number of ketones is 2. The molecule has 62 heavy (non-hydrogen) atoms. The highest BCUT2D eigenvalue weighted by Gasteiger charge is 2.42. The Morgan fingerprint density at radius 2 is 1.11 bits per heavy atom. The van der Waals surface area contributed by atoms with Gasteiger partial charge in [0.05, 0.1) is 11.1 Å². The lowest BCUT2D eigenvalue weighted by Crippen LogP contribution is -2.49. The molecule has 0 bridgehead atoms. The van der Waals surface area contributed by atoms with Crippen molar-refractivity contribution < 1.29 is 41.5 Å². The van der Waals surface area contributed by atoms with E-state index in [0.717, 1.165) is 49.0 Å². The van der Waals surface area contributed by atoms with Crippen molar-refractivity contribution in [1.29, 1.82) is 0 Å². The highest BCUT2D eigenvalue weighted by atomic mass is 19.1. The maximum atomic E-state index is 13.8. The third-order valence-corrected chi connectivity index (χ3v) is 12.4. The summed E-state index contributed by atoms with van der Waals surface area (Å²) in [5, 5.41) is 10.9.